The lowest BCUT2D eigenvalue weighted by Crippen LogP contribution is -2.43. The van der Waals surface area contributed by atoms with E-state index < -0.39 is 17.9 Å². The number of hydrogen-bond donors (Lipinski definition) is 2. The minimum Gasteiger partial charge on any atom is -0.497 e. The highest BCUT2D eigenvalue weighted by molar-refractivity contribution is 6.01. The quantitative estimate of drug-likeness (QED) is 0.476. The van der Waals surface area contributed by atoms with Crippen molar-refractivity contribution < 1.29 is 23.5 Å². The maximum atomic E-state index is 13.0. The summed E-state index contributed by atoms with van der Waals surface area (Å²) in [5, 5.41) is 4.54. The summed E-state index contributed by atoms with van der Waals surface area (Å²) < 4.78 is 15.9. The highest BCUT2D eigenvalue weighted by Crippen LogP contribution is 2.29. The number of H-pyrrole nitrogens is 1. The number of furan rings is 1. The Kier molecular flexibility index (Phi) is 5.18. The number of methoxy groups -OCH3 is 2. The van der Waals surface area contributed by atoms with Crippen LogP contribution in [0.15, 0.2) is 53.1 Å². The van der Waals surface area contributed by atoms with Crippen LogP contribution in [0.25, 0.3) is 21.9 Å². The van der Waals surface area contributed by atoms with Gasteiger partial charge in [0.05, 0.1) is 14.2 Å². The molecule has 0 aliphatic heterocycles. The number of aryl methyl sites for hydroxylation is 1. The highest BCUT2D eigenvalue weighted by atomic mass is 16.5. The largest absolute Gasteiger partial charge is 0.497 e. The van der Waals surface area contributed by atoms with Crippen LogP contribution in [0.3, 0.4) is 0 Å². The molecule has 1 atom stereocenters. The molecule has 0 bridgehead atoms. The van der Waals surface area contributed by atoms with Gasteiger partial charge in [-0.2, -0.15) is 0 Å². The van der Waals surface area contributed by atoms with Gasteiger partial charge in [-0.3, -0.25) is 4.79 Å². The number of rotatable bonds is 6. The molecule has 30 heavy (non-hydrogen) atoms. The van der Waals surface area contributed by atoms with Gasteiger partial charge in [-0.25, -0.2) is 4.79 Å². The Labute approximate surface area is 173 Å². The van der Waals surface area contributed by atoms with Gasteiger partial charge in [0.15, 0.2) is 5.76 Å². The Bertz CT molecular complexity index is 1240. The zero-order chi connectivity index (χ0) is 21.3. The van der Waals surface area contributed by atoms with E-state index in [0.717, 1.165) is 21.9 Å². The second kappa shape index (κ2) is 7.94. The number of fused-ring (bicyclic) bond motifs is 2. The van der Waals surface area contributed by atoms with Crippen molar-refractivity contribution in [3.8, 4) is 5.75 Å². The molecule has 0 radical (unpaired) electrons. The van der Waals surface area contributed by atoms with E-state index in [9.17, 15) is 9.59 Å². The number of hydrogen-bond acceptors (Lipinski definition) is 5. The third-order valence-electron chi connectivity index (χ3n) is 5.24. The third-order valence-corrected chi connectivity index (χ3v) is 5.24. The second-order valence-corrected chi connectivity index (χ2v) is 7.03. The molecule has 0 fully saturated rings. The molecule has 0 saturated carbocycles. The van der Waals surface area contributed by atoms with Crippen LogP contribution >= 0.6 is 0 Å². The van der Waals surface area contributed by atoms with Gasteiger partial charge in [0.1, 0.15) is 17.4 Å². The molecule has 7 heteroatoms. The maximum absolute atomic E-state index is 13.0. The second-order valence-electron chi connectivity index (χ2n) is 7.03. The monoisotopic (exact) mass is 406 g/mol. The van der Waals surface area contributed by atoms with Gasteiger partial charge in [0.25, 0.3) is 5.91 Å². The predicted octanol–water partition coefficient (Wildman–Crippen LogP) is 3.75. The number of nitrogens with one attached hydrogen (secondary N) is 2. The summed E-state index contributed by atoms with van der Waals surface area (Å²) in [6.07, 6.45) is 2.13. The van der Waals surface area contributed by atoms with E-state index in [-0.39, 0.29) is 12.2 Å². The van der Waals surface area contributed by atoms with Crippen LogP contribution in [0, 0.1) is 6.92 Å². The van der Waals surface area contributed by atoms with Gasteiger partial charge in [-0.05, 0) is 36.8 Å². The predicted molar refractivity (Wildman–Crippen MR) is 113 cm³/mol. The van der Waals surface area contributed by atoms with Gasteiger partial charge < -0.3 is 24.2 Å². The first kappa shape index (κ1) is 19.6. The molecule has 1 unspecified atom stereocenters. The van der Waals surface area contributed by atoms with Crippen molar-refractivity contribution in [2.75, 3.05) is 14.2 Å². The molecule has 0 aliphatic rings. The average Bonchev–Trinajstić information content (AvgIpc) is 3.33. The number of carbonyl (C=O) groups excluding carboxylic acids is 2. The topological polar surface area (TPSA) is 93.6 Å². The normalized spacial score (nSPS) is 12.1. The first-order valence-corrected chi connectivity index (χ1v) is 9.52. The number of aromatic nitrogens is 1. The molecule has 0 spiro atoms. The first-order chi connectivity index (χ1) is 14.5. The fraction of sp³-hybridized carbons (Fsp3) is 0.217. The van der Waals surface area contributed by atoms with E-state index in [0.29, 0.717) is 16.9 Å². The lowest BCUT2D eigenvalue weighted by molar-refractivity contribution is -0.142. The summed E-state index contributed by atoms with van der Waals surface area (Å²) in [6, 6.07) is 12.3. The van der Waals surface area contributed by atoms with Crippen molar-refractivity contribution in [3.05, 3.63) is 65.5 Å². The summed E-state index contributed by atoms with van der Waals surface area (Å²) in [7, 11) is 2.88. The summed E-state index contributed by atoms with van der Waals surface area (Å²) in [6.45, 7) is 1.80. The molecule has 4 aromatic rings. The minimum atomic E-state index is -0.858. The molecule has 154 valence electrons. The molecule has 2 heterocycles. The van der Waals surface area contributed by atoms with E-state index in [2.05, 4.69) is 10.3 Å². The van der Waals surface area contributed by atoms with Gasteiger partial charge in [0.2, 0.25) is 0 Å². The highest BCUT2D eigenvalue weighted by Gasteiger charge is 2.27. The van der Waals surface area contributed by atoms with Crippen LogP contribution in [-0.4, -0.2) is 37.1 Å². The van der Waals surface area contributed by atoms with Crippen LogP contribution in [-0.2, 0) is 16.0 Å². The Hall–Kier alpha value is -3.74. The van der Waals surface area contributed by atoms with Gasteiger partial charge in [0, 0.05) is 34.5 Å². The van der Waals surface area contributed by atoms with Crippen LogP contribution in [0.5, 0.6) is 5.75 Å². The van der Waals surface area contributed by atoms with E-state index >= 15 is 0 Å². The van der Waals surface area contributed by atoms with E-state index in [1.54, 1.807) is 26.2 Å². The van der Waals surface area contributed by atoms with E-state index in [1.165, 1.54) is 7.11 Å². The molecule has 1 amide bonds. The minimum absolute atomic E-state index is 0.158. The number of carbonyl (C=O) groups is 2. The Morgan fingerprint density at radius 3 is 2.70 bits per heavy atom. The van der Waals surface area contributed by atoms with Gasteiger partial charge in [-0.15, -0.1) is 0 Å². The summed E-state index contributed by atoms with van der Waals surface area (Å²) >= 11 is 0. The zero-order valence-corrected chi connectivity index (χ0v) is 16.9. The molecule has 0 saturated heterocycles. The summed E-state index contributed by atoms with van der Waals surface area (Å²) in [5.74, 6) is -0.168. The van der Waals surface area contributed by atoms with Gasteiger partial charge >= 0.3 is 5.97 Å². The number of para-hydroxylation sites is 1. The third kappa shape index (κ3) is 3.50. The smallest absolute Gasteiger partial charge is 0.328 e. The maximum Gasteiger partial charge on any atom is 0.328 e. The first-order valence-electron chi connectivity index (χ1n) is 9.52. The van der Waals surface area contributed by atoms with Crippen molar-refractivity contribution >= 4 is 33.7 Å². The number of aromatic amines is 1. The van der Waals surface area contributed by atoms with Crippen LogP contribution in [0.2, 0.25) is 0 Å². The SMILES string of the molecule is COC(=O)C(Cc1c[nH]c2ccccc12)NC(=O)c1oc2ccc(OC)cc2c1C. The Morgan fingerprint density at radius 2 is 1.93 bits per heavy atom. The number of ether oxygens (including phenoxy) is 2. The Balaban J connectivity index is 1.62. The molecule has 0 aliphatic carbocycles. The Morgan fingerprint density at radius 1 is 1.13 bits per heavy atom. The molecule has 2 N–H and O–H groups in total. The lowest BCUT2D eigenvalue weighted by atomic mass is 10.0. The lowest BCUT2D eigenvalue weighted by Gasteiger charge is -2.15. The van der Waals surface area contributed by atoms with Crippen molar-refractivity contribution in [2.45, 2.75) is 19.4 Å². The molecule has 4 rings (SSSR count). The number of esters is 1. The molecule has 2 aromatic heterocycles. The molecular weight excluding hydrogens is 384 g/mol. The van der Waals surface area contributed by atoms with Crippen LogP contribution < -0.4 is 10.1 Å². The number of benzene rings is 2. The van der Waals surface area contributed by atoms with Gasteiger partial charge in [-0.1, -0.05) is 18.2 Å². The molecule has 7 nitrogen and oxygen atoms in total. The van der Waals surface area contributed by atoms with Crippen LogP contribution in [0.4, 0.5) is 0 Å². The van der Waals surface area contributed by atoms with E-state index in [4.69, 9.17) is 13.9 Å². The summed E-state index contributed by atoms with van der Waals surface area (Å²) in [4.78, 5) is 28.5. The average molecular weight is 406 g/mol. The van der Waals surface area contributed by atoms with Crippen molar-refractivity contribution in [2.24, 2.45) is 0 Å². The number of amides is 1. The standard InChI is InChI=1S/C23H22N2O5/c1-13-17-11-15(28-2)8-9-20(17)30-21(13)22(26)25-19(23(27)29-3)10-14-12-24-18-7-5-4-6-16(14)18/h4-9,11-12,19,24H,10H2,1-3H3,(H,25,26). The van der Waals surface area contributed by atoms with Crippen molar-refractivity contribution in [1.29, 1.82) is 0 Å². The molecular formula is C23H22N2O5. The zero-order valence-electron chi connectivity index (χ0n) is 16.9. The van der Waals surface area contributed by atoms with E-state index in [1.807, 2.05) is 36.5 Å². The molecule has 2 aromatic carbocycles. The van der Waals surface area contributed by atoms with Crippen molar-refractivity contribution in [1.82, 2.24) is 10.3 Å². The van der Waals surface area contributed by atoms with Crippen LogP contribution in [0.1, 0.15) is 21.7 Å². The van der Waals surface area contributed by atoms with Crippen molar-refractivity contribution in [3.63, 3.8) is 0 Å². The fourth-order valence-corrected chi connectivity index (χ4v) is 3.62. The summed E-state index contributed by atoms with van der Waals surface area (Å²) in [5.41, 5.74) is 3.12. The fourth-order valence-electron chi connectivity index (χ4n) is 3.62.